The first kappa shape index (κ1) is 26.1. The molecule has 0 bridgehead atoms. The molecule has 0 aliphatic heterocycles. The minimum absolute atomic E-state index is 0.156. The summed E-state index contributed by atoms with van der Waals surface area (Å²) in [5.41, 5.74) is 0.203. The van der Waals surface area contributed by atoms with Crippen molar-refractivity contribution in [3.05, 3.63) is 34.9 Å². The van der Waals surface area contributed by atoms with Crippen LogP contribution in [0.25, 0.3) is 0 Å². The van der Waals surface area contributed by atoms with Crippen molar-refractivity contribution >= 4 is 0 Å². The molecule has 1 aromatic rings. The van der Waals surface area contributed by atoms with E-state index in [4.69, 9.17) is 10.00 Å². The van der Waals surface area contributed by atoms with Gasteiger partial charge in [-0.25, -0.2) is 8.78 Å². The predicted octanol–water partition coefficient (Wildman–Crippen LogP) is 8.83. The number of ether oxygens (including phenoxy) is 1. The van der Waals surface area contributed by atoms with Crippen LogP contribution in [0.1, 0.15) is 127 Å². The average molecular weight is 460 g/mol. The van der Waals surface area contributed by atoms with Crippen molar-refractivity contribution in [2.75, 3.05) is 6.61 Å². The van der Waals surface area contributed by atoms with Crippen molar-refractivity contribution < 1.29 is 13.5 Å². The van der Waals surface area contributed by atoms with Gasteiger partial charge in [0.1, 0.15) is 23.3 Å². The van der Waals surface area contributed by atoms with Crippen molar-refractivity contribution in [3.8, 4) is 6.07 Å². The van der Waals surface area contributed by atoms with Crippen molar-refractivity contribution in [1.29, 1.82) is 5.26 Å². The number of benzene rings is 1. The lowest BCUT2D eigenvalue weighted by molar-refractivity contribution is -0.00486. The van der Waals surface area contributed by atoms with Crippen LogP contribution in [0, 0.1) is 34.8 Å². The highest BCUT2D eigenvalue weighted by Gasteiger charge is 2.27. The van der Waals surface area contributed by atoms with E-state index < -0.39 is 17.2 Å². The van der Waals surface area contributed by atoms with E-state index in [1.54, 1.807) is 6.07 Å². The van der Waals surface area contributed by atoms with Crippen LogP contribution in [0.5, 0.6) is 0 Å². The quantitative estimate of drug-likeness (QED) is 0.292. The lowest BCUT2D eigenvalue weighted by Crippen LogP contribution is -2.25. The number of hydrogen-bond donors (Lipinski definition) is 0. The zero-order chi connectivity index (χ0) is 23.5. The average Bonchev–Trinajstić information content (AvgIpc) is 2.83. The summed E-state index contributed by atoms with van der Waals surface area (Å²) in [6.07, 6.45) is 20.5. The first-order chi connectivity index (χ1) is 16.1. The van der Waals surface area contributed by atoms with Gasteiger partial charge in [0, 0.05) is 6.61 Å². The Morgan fingerprint density at radius 2 is 1.39 bits per heavy atom. The standard InChI is InChI=1S/C29H43F2NO/c1-2-3-4-5-6-7-8-9-22-10-12-23(13-11-22)21-33-26-16-14-24(15-17-26)25-18-28(30)27(20-32)29(31)19-25/h18-19,22-24,26H,2-17,21H2,1H3. The molecule has 0 atom stereocenters. The van der Waals surface area contributed by atoms with Crippen LogP contribution >= 0.6 is 0 Å². The Morgan fingerprint density at radius 3 is 2.00 bits per heavy atom. The van der Waals surface area contributed by atoms with Crippen LogP contribution < -0.4 is 0 Å². The van der Waals surface area contributed by atoms with Gasteiger partial charge in [-0.2, -0.15) is 5.26 Å². The molecule has 0 radical (unpaired) electrons. The van der Waals surface area contributed by atoms with Gasteiger partial charge in [-0.3, -0.25) is 0 Å². The summed E-state index contributed by atoms with van der Waals surface area (Å²) in [6, 6.07) is 4.29. The van der Waals surface area contributed by atoms with Gasteiger partial charge < -0.3 is 4.74 Å². The molecule has 0 heterocycles. The fourth-order valence-electron chi connectivity index (χ4n) is 5.85. The van der Waals surface area contributed by atoms with Crippen LogP contribution in [0.4, 0.5) is 8.78 Å². The largest absolute Gasteiger partial charge is 0.378 e. The predicted molar refractivity (Wildman–Crippen MR) is 130 cm³/mol. The molecule has 4 heteroatoms. The zero-order valence-corrected chi connectivity index (χ0v) is 20.6. The van der Waals surface area contributed by atoms with E-state index in [1.165, 1.54) is 89.2 Å². The van der Waals surface area contributed by atoms with Crippen LogP contribution in [-0.4, -0.2) is 12.7 Å². The molecule has 2 fully saturated rings. The Bertz CT molecular complexity index is 719. The highest BCUT2D eigenvalue weighted by atomic mass is 19.1. The number of unbranched alkanes of at least 4 members (excludes halogenated alkanes) is 6. The molecule has 0 spiro atoms. The summed E-state index contributed by atoms with van der Waals surface area (Å²) >= 11 is 0. The summed E-state index contributed by atoms with van der Waals surface area (Å²) in [5.74, 6) is 0.306. The maximum atomic E-state index is 14.0. The van der Waals surface area contributed by atoms with E-state index in [2.05, 4.69) is 6.92 Å². The third-order valence-electron chi connectivity index (χ3n) is 8.07. The van der Waals surface area contributed by atoms with Crippen LogP contribution in [0.2, 0.25) is 0 Å². The van der Waals surface area contributed by atoms with E-state index in [-0.39, 0.29) is 12.0 Å². The van der Waals surface area contributed by atoms with Crippen molar-refractivity contribution in [2.45, 2.75) is 122 Å². The van der Waals surface area contributed by atoms with Gasteiger partial charge in [-0.05, 0) is 74.0 Å². The van der Waals surface area contributed by atoms with Crippen molar-refractivity contribution in [3.63, 3.8) is 0 Å². The maximum Gasteiger partial charge on any atom is 0.144 e. The molecule has 2 nitrogen and oxygen atoms in total. The SMILES string of the molecule is CCCCCCCCCC1CCC(COC2CCC(c3cc(F)c(C#N)c(F)c3)CC2)CC1. The second kappa shape index (κ2) is 14.1. The minimum atomic E-state index is -0.742. The monoisotopic (exact) mass is 459 g/mol. The highest BCUT2D eigenvalue weighted by Crippen LogP contribution is 2.37. The molecule has 184 valence electrons. The second-order valence-electron chi connectivity index (χ2n) is 10.6. The Balaban J connectivity index is 1.27. The number of nitrogens with zero attached hydrogens (tertiary/aromatic N) is 1. The third kappa shape index (κ3) is 8.36. The summed E-state index contributed by atoms with van der Waals surface area (Å²) in [5, 5.41) is 8.85. The molecule has 3 rings (SSSR count). The highest BCUT2D eigenvalue weighted by molar-refractivity contribution is 5.36. The van der Waals surface area contributed by atoms with Crippen LogP contribution in [0.15, 0.2) is 12.1 Å². The van der Waals surface area contributed by atoms with Gasteiger partial charge >= 0.3 is 0 Å². The van der Waals surface area contributed by atoms with E-state index in [0.29, 0.717) is 11.5 Å². The van der Waals surface area contributed by atoms with Gasteiger partial charge in [-0.15, -0.1) is 0 Å². The van der Waals surface area contributed by atoms with Crippen molar-refractivity contribution in [2.24, 2.45) is 11.8 Å². The molecule has 2 saturated carbocycles. The summed E-state index contributed by atoms with van der Waals surface area (Å²) in [7, 11) is 0. The fourth-order valence-corrected chi connectivity index (χ4v) is 5.85. The van der Waals surface area contributed by atoms with E-state index in [9.17, 15) is 8.78 Å². The molecule has 0 aromatic heterocycles. The lowest BCUT2D eigenvalue weighted by atomic mass is 9.80. The van der Waals surface area contributed by atoms with Gasteiger partial charge in [0.15, 0.2) is 0 Å². The Kier molecular flexibility index (Phi) is 11.1. The third-order valence-corrected chi connectivity index (χ3v) is 8.07. The van der Waals surface area contributed by atoms with Crippen LogP contribution in [0.3, 0.4) is 0 Å². The number of hydrogen-bond acceptors (Lipinski definition) is 2. The molecule has 0 unspecified atom stereocenters. The summed E-state index contributed by atoms with van der Waals surface area (Å²) < 4.78 is 34.2. The second-order valence-corrected chi connectivity index (χ2v) is 10.6. The smallest absolute Gasteiger partial charge is 0.144 e. The fraction of sp³-hybridized carbons (Fsp3) is 0.759. The zero-order valence-electron chi connectivity index (χ0n) is 20.6. The Hall–Kier alpha value is -1.47. The van der Waals surface area contributed by atoms with Crippen molar-refractivity contribution in [1.82, 2.24) is 0 Å². The van der Waals surface area contributed by atoms with E-state index >= 15 is 0 Å². The molecular formula is C29H43F2NO. The van der Waals surface area contributed by atoms with Gasteiger partial charge in [-0.1, -0.05) is 71.1 Å². The van der Waals surface area contributed by atoms with Gasteiger partial charge in [0.05, 0.1) is 6.10 Å². The topological polar surface area (TPSA) is 33.0 Å². The number of nitriles is 1. The lowest BCUT2D eigenvalue weighted by Gasteiger charge is -2.32. The van der Waals surface area contributed by atoms with E-state index in [1.807, 2.05) is 0 Å². The molecule has 33 heavy (non-hydrogen) atoms. The number of halogens is 2. The van der Waals surface area contributed by atoms with Crippen LogP contribution in [-0.2, 0) is 4.74 Å². The molecule has 2 aliphatic rings. The molecule has 0 saturated heterocycles. The number of rotatable bonds is 12. The Morgan fingerprint density at radius 1 is 0.818 bits per heavy atom. The van der Waals surface area contributed by atoms with E-state index in [0.717, 1.165) is 38.2 Å². The maximum absolute atomic E-state index is 14.0. The minimum Gasteiger partial charge on any atom is -0.378 e. The first-order valence-corrected chi connectivity index (χ1v) is 13.6. The molecule has 2 aliphatic carbocycles. The summed E-state index contributed by atoms with van der Waals surface area (Å²) in [4.78, 5) is 0. The molecule has 0 amide bonds. The Labute approximate surface area is 200 Å². The molecular weight excluding hydrogens is 416 g/mol. The summed E-state index contributed by atoms with van der Waals surface area (Å²) in [6.45, 7) is 3.15. The normalized spacial score (nSPS) is 25.6. The molecule has 1 aromatic carbocycles. The molecule has 0 N–H and O–H groups in total. The first-order valence-electron chi connectivity index (χ1n) is 13.6. The van der Waals surface area contributed by atoms with Gasteiger partial charge in [0.2, 0.25) is 0 Å². The van der Waals surface area contributed by atoms with Gasteiger partial charge in [0.25, 0.3) is 0 Å².